The molecule has 0 atom stereocenters. The minimum absolute atomic E-state index is 0.770. The Morgan fingerprint density at radius 3 is 2.60 bits per heavy atom. The molecule has 0 spiro atoms. The molecule has 0 fully saturated rings. The van der Waals surface area contributed by atoms with Crippen LogP contribution < -0.4 is 5.73 Å². The van der Waals surface area contributed by atoms with E-state index in [1.807, 2.05) is 45.2 Å². The van der Waals surface area contributed by atoms with Gasteiger partial charge < -0.3 is 5.73 Å². The molecule has 0 amide bonds. The van der Waals surface area contributed by atoms with Crippen molar-refractivity contribution in [3.8, 4) is 0 Å². The van der Waals surface area contributed by atoms with Crippen molar-refractivity contribution >= 4 is 5.69 Å². The summed E-state index contributed by atoms with van der Waals surface area (Å²) in [6, 6.07) is 6.10. The minimum Gasteiger partial charge on any atom is -0.398 e. The van der Waals surface area contributed by atoms with E-state index in [0.717, 1.165) is 47.0 Å². The van der Waals surface area contributed by atoms with Gasteiger partial charge in [-0.1, -0.05) is 6.07 Å². The molecule has 20 heavy (non-hydrogen) atoms. The quantitative estimate of drug-likeness (QED) is 0.928. The molecule has 0 bridgehead atoms. The van der Waals surface area contributed by atoms with Crippen LogP contribution in [0.1, 0.15) is 28.2 Å². The number of aromatic nitrogens is 2. The molecule has 0 saturated carbocycles. The van der Waals surface area contributed by atoms with Gasteiger partial charge in [-0.2, -0.15) is 0 Å². The lowest BCUT2D eigenvalue weighted by molar-refractivity contribution is 0.310. The van der Waals surface area contributed by atoms with Gasteiger partial charge in [-0.25, -0.2) is 0 Å². The Bertz CT molecular complexity index is 607. The van der Waals surface area contributed by atoms with Crippen LogP contribution in [0.4, 0.5) is 5.69 Å². The van der Waals surface area contributed by atoms with E-state index in [1.54, 1.807) is 0 Å². The molecule has 106 valence electrons. The van der Waals surface area contributed by atoms with Crippen molar-refractivity contribution in [1.29, 1.82) is 0 Å². The molecule has 0 aliphatic carbocycles. The van der Waals surface area contributed by atoms with Crippen LogP contribution in [-0.2, 0) is 13.1 Å². The largest absolute Gasteiger partial charge is 0.398 e. The Morgan fingerprint density at radius 1 is 1.15 bits per heavy atom. The number of anilines is 1. The van der Waals surface area contributed by atoms with Gasteiger partial charge in [0.2, 0.25) is 0 Å². The smallest absolute Gasteiger partial charge is 0.0593 e. The second-order valence-electron chi connectivity index (χ2n) is 5.37. The summed E-state index contributed by atoms with van der Waals surface area (Å²) >= 11 is 0. The van der Waals surface area contributed by atoms with Crippen molar-refractivity contribution in [2.24, 2.45) is 0 Å². The van der Waals surface area contributed by atoms with Gasteiger partial charge in [-0.15, -0.1) is 0 Å². The first-order chi connectivity index (χ1) is 9.47. The summed E-state index contributed by atoms with van der Waals surface area (Å²) in [4.78, 5) is 11.2. The Hall–Kier alpha value is -1.94. The number of hydrogen-bond donors (Lipinski definition) is 1. The van der Waals surface area contributed by atoms with Gasteiger partial charge in [0.25, 0.3) is 0 Å². The van der Waals surface area contributed by atoms with E-state index >= 15 is 0 Å². The van der Waals surface area contributed by atoms with Crippen molar-refractivity contribution in [2.75, 3.05) is 12.8 Å². The number of nitrogens with two attached hydrogens (primary N) is 1. The van der Waals surface area contributed by atoms with Crippen LogP contribution in [0, 0.1) is 20.8 Å². The zero-order valence-electron chi connectivity index (χ0n) is 12.6. The Kier molecular flexibility index (Phi) is 4.35. The van der Waals surface area contributed by atoms with Gasteiger partial charge in [0.1, 0.15) is 0 Å². The highest BCUT2D eigenvalue weighted by Crippen LogP contribution is 2.19. The Morgan fingerprint density at radius 2 is 1.90 bits per heavy atom. The molecular formula is C16H22N4. The van der Waals surface area contributed by atoms with E-state index in [-0.39, 0.29) is 0 Å². The molecule has 0 unspecified atom stereocenters. The van der Waals surface area contributed by atoms with Crippen molar-refractivity contribution in [2.45, 2.75) is 33.9 Å². The van der Waals surface area contributed by atoms with E-state index in [9.17, 15) is 0 Å². The van der Waals surface area contributed by atoms with E-state index in [1.165, 1.54) is 0 Å². The van der Waals surface area contributed by atoms with Crippen LogP contribution in [0.5, 0.6) is 0 Å². The van der Waals surface area contributed by atoms with E-state index in [0.29, 0.717) is 0 Å². The standard InChI is InChI=1S/C16H22N4/c1-11-8-18-15(13(3)16(11)17)10-20(4)9-14-7-5-6-12(2)19-14/h5-8H,9-10H2,1-4H3,(H2,17,18). The van der Waals surface area contributed by atoms with Gasteiger partial charge in [0.15, 0.2) is 0 Å². The van der Waals surface area contributed by atoms with Crippen LogP contribution >= 0.6 is 0 Å². The average molecular weight is 270 g/mol. The highest BCUT2D eigenvalue weighted by Gasteiger charge is 2.09. The lowest BCUT2D eigenvalue weighted by Crippen LogP contribution is -2.20. The van der Waals surface area contributed by atoms with Crippen molar-refractivity contribution < 1.29 is 0 Å². The summed E-state index contributed by atoms with van der Waals surface area (Å²) in [5.74, 6) is 0. The van der Waals surface area contributed by atoms with Crippen LogP contribution in [-0.4, -0.2) is 21.9 Å². The summed E-state index contributed by atoms with van der Waals surface area (Å²) in [5, 5.41) is 0. The molecule has 0 aliphatic rings. The number of aryl methyl sites for hydroxylation is 2. The third kappa shape index (κ3) is 3.33. The normalized spacial score (nSPS) is 11.1. The van der Waals surface area contributed by atoms with Gasteiger partial charge >= 0.3 is 0 Å². The molecule has 2 rings (SSSR count). The summed E-state index contributed by atoms with van der Waals surface area (Å²) in [7, 11) is 2.07. The number of hydrogen-bond acceptors (Lipinski definition) is 4. The predicted molar refractivity (Wildman–Crippen MR) is 82.3 cm³/mol. The maximum atomic E-state index is 6.06. The highest BCUT2D eigenvalue weighted by atomic mass is 15.1. The van der Waals surface area contributed by atoms with E-state index in [2.05, 4.69) is 21.9 Å². The number of nitrogens with zero attached hydrogens (tertiary/aromatic N) is 3. The third-order valence-corrected chi connectivity index (χ3v) is 3.47. The molecule has 2 aromatic heterocycles. The molecule has 2 N–H and O–H groups in total. The second kappa shape index (κ2) is 6.01. The zero-order valence-corrected chi connectivity index (χ0v) is 12.6. The summed E-state index contributed by atoms with van der Waals surface area (Å²) in [6.07, 6.45) is 1.84. The van der Waals surface area contributed by atoms with Crippen molar-refractivity contribution in [3.63, 3.8) is 0 Å². The van der Waals surface area contributed by atoms with Gasteiger partial charge in [-0.05, 0) is 51.1 Å². The third-order valence-electron chi connectivity index (χ3n) is 3.47. The maximum absolute atomic E-state index is 6.06. The van der Waals surface area contributed by atoms with Crippen molar-refractivity contribution in [3.05, 3.63) is 52.6 Å². The first kappa shape index (κ1) is 14.5. The lowest BCUT2D eigenvalue weighted by Gasteiger charge is -2.18. The molecule has 2 heterocycles. The predicted octanol–water partition coefficient (Wildman–Crippen LogP) is 2.62. The molecule has 0 aliphatic heterocycles. The van der Waals surface area contributed by atoms with Gasteiger partial charge in [-0.3, -0.25) is 14.9 Å². The Labute approximate surface area is 120 Å². The number of pyridine rings is 2. The van der Waals surface area contributed by atoms with Crippen LogP contribution in [0.15, 0.2) is 24.4 Å². The molecule has 4 nitrogen and oxygen atoms in total. The molecular weight excluding hydrogens is 248 g/mol. The minimum atomic E-state index is 0.770. The maximum Gasteiger partial charge on any atom is 0.0593 e. The molecule has 0 saturated heterocycles. The molecule has 0 radical (unpaired) electrons. The lowest BCUT2D eigenvalue weighted by atomic mass is 10.1. The fourth-order valence-corrected chi connectivity index (χ4v) is 2.23. The monoisotopic (exact) mass is 270 g/mol. The Balaban J connectivity index is 2.08. The summed E-state index contributed by atoms with van der Waals surface area (Å²) < 4.78 is 0. The SMILES string of the molecule is Cc1cccc(CN(C)Cc2ncc(C)c(N)c2C)n1. The summed E-state index contributed by atoms with van der Waals surface area (Å²) in [6.45, 7) is 7.60. The molecule has 4 heteroatoms. The van der Waals surface area contributed by atoms with Crippen LogP contribution in [0.25, 0.3) is 0 Å². The van der Waals surface area contributed by atoms with E-state index < -0.39 is 0 Å². The fourth-order valence-electron chi connectivity index (χ4n) is 2.23. The van der Waals surface area contributed by atoms with E-state index in [4.69, 9.17) is 5.73 Å². The van der Waals surface area contributed by atoms with Crippen molar-refractivity contribution in [1.82, 2.24) is 14.9 Å². The summed E-state index contributed by atoms with van der Waals surface area (Å²) in [5.41, 5.74) is 12.2. The van der Waals surface area contributed by atoms with Gasteiger partial charge in [0, 0.05) is 30.7 Å². The first-order valence-electron chi connectivity index (χ1n) is 6.79. The second-order valence-corrected chi connectivity index (χ2v) is 5.37. The molecule has 0 aromatic carbocycles. The topological polar surface area (TPSA) is 55.0 Å². The van der Waals surface area contributed by atoms with Crippen LogP contribution in [0.2, 0.25) is 0 Å². The molecule has 2 aromatic rings. The average Bonchev–Trinajstić information content (AvgIpc) is 2.39. The highest BCUT2D eigenvalue weighted by molar-refractivity contribution is 5.53. The van der Waals surface area contributed by atoms with Gasteiger partial charge in [0.05, 0.1) is 11.4 Å². The fraction of sp³-hybridized carbons (Fsp3) is 0.375. The number of nitrogen functional groups attached to an aromatic ring is 1. The number of rotatable bonds is 4. The zero-order chi connectivity index (χ0) is 14.7. The van der Waals surface area contributed by atoms with Crippen LogP contribution in [0.3, 0.4) is 0 Å². The first-order valence-corrected chi connectivity index (χ1v) is 6.79.